The monoisotopic (exact) mass is 454 g/mol. The van der Waals surface area contributed by atoms with Gasteiger partial charge in [0, 0.05) is 31.9 Å². The molecule has 0 amide bonds. The third kappa shape index (κ3) is 5.23. The van der Waals surface area contributed by atoms with Gasteiger partial charge in [0.05, 0.1) is 12.5 Å². The zero-order chi connectivity index (χ0) is 23.2. The topological polar surface area (TPSA) is 65.8 Å². The van der Waals surface area contributed by atoms with Crippen molar-refractivity contribution < 1.29 is 27.5 Å². The van der Waals surface area contributed by atoms with Crippen LogP contribution in [-0.2, 0) is 11.3 Å². The quantitative estimate of drug-likeness (QED) is 0.305. The van der Waals surface area contributed by atoms with Crippen LogP contribution in [0.25, 0.3) is 22.1 Å². The first kappa shape index (κ1) is 22.5. The van der Waals surface area contributed by atoms with Crippen molar-refractivity contribution in [3.8, 4) is 22.6 Å². The number of halogens is 2. The van der Waals surface area contributed by atoms with Crippen molar-refractivity contribution in [2.45, 2.75) is 13.0 Å². The Bertz CT molecular complexity index is 1230. The van der Waals surface area contributed by atoms with Gasteiger partial charge >= 0.3 is 0 Å². The molecule has 3 aromatic carbocycles. The van der Waals surface area contributed by atoms with Crippen LogP contribution in [0.1, 0.15) is 12.0 Å². The van der Waals surface area contributed by atoms with Gasteiger partial charge in [0.2, 0.25) is 0 Å². The Morgan fingerprint density at radius 2 is 1.76 bits per heavy atom. The van der Waals surface area contributed by atoms with Crippen LogP contribution in [0.3, 0.4) is 0 Å². The van der Waals surface area contributed by atoms with Crippen LogP contribution in [0.15, 0.2) is 59.1 Å². The smallest absolute Gasteiger partial charge is 0.177 e. The fourth-order valence-electron chi connectivity index (χ4n) is 3.45. The largest absolute Gasteiger partial charge is 0.496 e. The average molecular weight is 454 g/mol. The first-order valence-corrected chi connectivity index (χ1v) is 10.5. The predicted octanol–water partition coefficient (Wildman–Crippen LogP) is 5.81. The predicted molar refractivity (Wildman–Crippen MR) is 122 cm³/mol. The van der Waals surface area contributed by atoms with E-state index in [-0.39, 0.29) is 5.75 Å². The maximum absolute atomic E-state index is 13.7. The number of methoxy groups -OCH3 is 2. The van der Waals surface area contributed by atoms with Gasteiger partial charge in [-0.25, -0.2) is 8.78 Å². The van der Waals surface area contributed by atoms with Crippen LogP contribution in [0, 0.1) is 11.6 Å². The summed E-state index contributed by atoms with van der Waals surface area (Å²) < 4.78 is 48.7. The minimum absolute atomic E-state index is 0.260. The Balaban J connectivity index is 1.44. The van der Waals surface area contributed by atoms with Crippen molar-refractivity contribution in [3.63, 3.8) is 0 Å². The van der Waals surface area contributed by atoms with Crippen LogP contribution in [-0.4, -0.2) is 32.5 Å². The van der Waals surface area contributed by atoms with Crippen molar-refractivity contribution in [2.75, 3.05) is 32.7 Å². The molecule has 0 saturated carbocycles. The molecule has 172 valence electrons. The normalized spacial score (nSPS) is 11.0. The molecule has 33 heavy (non-hydrogen) atoms. The second kappa shape index (κ2) is 10.3. The van der Waals surface area contributed by atoms with Crippen molar-refractivity contribution in [1.29, 1.82) is 0 Å². The number of anilines is 1. The van der Waals surface area contributed by atoms with E-state index in [4.69, 9.17) is 18.7 Å². The maximum atomic E-state index is 13.7. The number of fused-ring (bicyclic) bond motifs is 1. The summed E-state index contributed by atoms with van der Waals surface area (Å²) in [4.78, 5) is 0. The molecule has 0 aliphatic rings. The second-order valence-electron chi connectivity index (χ2n) is 7.41. The van der Waals surface area contributed by atoms with Gasteiger partial charge in [0.15, 0.2) is 23.0 Å². The molecule has 1 N–H and O–H groups in total. The molecule has 0 fully saturated rings. The summed E-state index contributed by atoms with van der Waals surface area (Å²) >= 11 is 0. The first-order chi connectivity index (χ1) is 16.1. The third-order valence-corrected chi connectivity index (χ3v) is 5.17. The Kier molecular flexibility index (Phi) is 7.04. The lowest BCUT2D eigenvalue weighted by Gasteiger charge is -2.11. The van der Waals surface area contributed by atoms with E-state index in [1.165, 1.54) is 7.11 Å². The molecule has 6 nitrogen and oxygen atoms in total. The average Bonchev–Trinajstić information content (AvgIpc) is 3.24. The van der Waals surface area contributed by atoms with E-state index < -0.39 is 11.6 Å². The molecule has 0 spiro atoms. The molecular weight excluding hydrogens is 430 g/mol. The van der Waals surface area contributed by atoms with E-state index in [0.717, 1.165) is 36.0 Å². The van der Waals surface area contributed by atoms with Crippen LogP contribution in [0.2, 0.25) is 0 Å². The van der Waals surface area contributed by atoms with E-state index in [0.29, 0.717) is 41.5 Å². The molecule has 0 radical (unpaired) electrons. The SMILES string of the molecule is COCCCNc1noc2ccc(COc3ccc(-c4cc(F)c(F)cc4OC)cc3)cc12. The number of nitrogens with one attached hydrogen (secondary N) is 1. The minimum Gasteiger partial charge on any atom is -0.496 e. The Morgan fingerprint density at radius 1 is 0.970 bits per heavy atom. The number of nitrogens with zero attached hydrogens (tertiary/aromatic N) is 1. The summed E-state index contributed by atoms with van der Waals surface area (Å²) in [5.74, 6) is -0.288. The number of hydrogen-bond acceptors (Lipinski definition) is 6. The van der Waals surface area contributed by atoms with Gasteiger partial charge in [-0.05, 0) is 47.9 Å². The molecule has 0 saturated heterocycles. The highest BCUT2D eigenvalue weighted by Crippen LogP contribution is 2.33. The van der Waals surface area contributed by atoms with Crippen LogP contribution >= 0.6 is 0 Å². The molecule has 8 heteroatoms. The highest BCUT2D eigenvalue weighted by molar-refractivity contribution is 5.88. The minimum atomic E-state index is -0.950. The van der Waals surface area contributed by atoms with Crippen molar-refractivity contribution in [3.05, 3.63) is 71.8 Å². The molecule has 0 unspecified atom stereocenters. The van der Waals surface area contributed by atoms with E-state index in [9.17, 15) is 8.78 Å². The second-order valence-corrected chi connectivity index (χ2v) is 7.41. The zero-order valence-corrected chi connectivity index (χ0v) is 18.4. The van der Waals surface area contributed by atoms with Crippen molar-refractivity contribution in [1.82, 2.24) is 5.16 Å². The van der Waals surface area contributed by atoms with Crippen molar-refractivity contribution in [2.24, 2.45) is 0 Å². The highest BCUT2D eigenvalue weighted by atomic mass is 19.2. The number of aromatic nitrogens is 1. The molecule has 0 aliphatic carbocycles. The van der Waals surface area contributed by atoms with Crippen LogP contribution in [0.4, 0.5) is 14.6 Å². The van der Waals surface area contributed by atoms with Gasteiger partial charge in [-0.2, -0.15) is 0 Å². The Labute approximate surface area is 190 Å². The molecule has 1 heterocycles. The van der Waals surface area contributed by atoms with Gasteiger partial charge < -0.3 is 24.1 Å². The first-order valence-electron chi connectivity index (χ1n) is 10.5. The van der Waals surface area contributed by atoms with E-state index in [2.05, 4.69) is 10.5 Å². The summed E-state index contributed by atoms with van der Waals surface area (Å²) in [6.45, 7) is 1.74. The lowest BCUT2D eigenvalue weighted by molar-refractivity contribution is 0.197. The van der Waals surface area contributed by atoms with Crippen LogP contribution < -0.4 is 14.8 Å². The summed E-state index contributed by atoms with van der Waals surface area (Å²) in [6.07, 6.45) is 0.861. The maximum Gasteiger partial charge on any atom is 0.177 e. The van der Waals surface area contributed by atoms with Gasteiger partial charge in [-0.1, -0.05) is 23.4 Å². The van der Waals surface area contributed by atoms with E-state index in [1.54, 1.807) is 31.4 Å². The fourth-order valence-corrected chi connectivity index (χ4v) is 3.45. The molecule has 0 atom stereocenters. The van der Waals surface area contributed by atoms with E-state index >= 15 is 0 Å². The van der Waals surface area contributed by atoms with E-state index in [1.807, 2.05) is 18.2 Å². The lowest BCUT2D eigenvalue weighted by Crippen LogP contribution is -2.05. The van der Waals surface area contributed by atoms with Crippen molar-refractivity contribution >= 4 is 16.8 Å². The van der Waals surface area contributed by atoms with Gasteiger partial charge in [0.1, 0.15) is 18.1 Å². The number of rotatable bonds is 10. The van der Waals surface area contributed by atoms with Gasteiger partial charge in [-0.3, -0.25) is 0 Å². The molecular formula is C25H24F2N2O4. The van der Waals surface area contributed by atoms with Crippen LogP contribution in [0.5, 0.6) is 11.5 Å². The number of benzene rings is 3. The Morgan fingerprint density at radius 3 is 2.52 bits per heavy atom. The standard InChI is InChI=1S/C25H24F2N2O4/c1-30-11-3-10-28-25-20-12-16(4-9-23(20)33-29-25)15-32-18-7-5-17(6-8-18)19-13-21(26)22(27)14-24(19)31-2/h4-9,12-14H,3,10-11,15H2,1-2H3,(H,28,29). The number of ether oxygens (including phenoxy) is 3. The molecule has 0 bridgehead atoms. The summed E-state index contributed by atoms with van der Waals surface area (Å²) in [5.41, 5.74) is 2.80. The van der Waals surface area contributed by atoms with Gasteiger partial charge in [-0.15, -0.1) is 0 Å². The summed E-state index contributed by atoms with van der Waals surface area (Å²) in [7, 11) is 3.09. The molecule has 0 aliphatic heterocycles. The highest BCUT2D eigenvalue weighted by Gasteiger charge is 2.13. The Hall–Kier alpha value is -3.65. The zero-order valence-electron chi connectivity index (χ0n) is 18.4. The number of hydrogen-bond donors (Lipinski definition) is 1. The molecule has 4 aromatic rings. The molecule has 4 rings (SSSR count). The summed E-state index contributed by atoms with van der Waals surface area (Å²) in [6, 6.07) is 15.0. The third-order valence-electron chi connectivity index (χ3n) is 5.17. The summed E-state index contributed by atoms with van der Waals surface area (Å²) in [5, 5.41) is 8.23. The lowest BCUT2D eigenvalue weighted by atomic mass is 10.0. The fraction of sp³-hybridized carbons (Fsp3) is 0.240. The molecule has 1 aromatic heterocycles. The van der Waals surface area contributed by atoms with Gasteiger partial charge in [0.25, 0.3) is 0 Å².